The lowest BCUT2D eigenvalue weighted by Crippen LogP contribution is -2.30. The molecule has 0 aromatic rings. The van der Waals surface area contributed by atoms with Gasteiger partial charge in [0.05, 0.1) is 0 Å². The van der Waals surface area contributed by atoms with E-state index < -0.39 is 6.10 Å². The minimum atomic E-state index is -0.786. The highest BCUT2D eigenvalue weighted by molar-refractivity contribution is 5.71. The first kappa shape index (κ1) is 75.6. The Hall–Kier alpha value is -3.41. The molecule has 0 aromatic carbocycles. The largest absolute Gasteiger partial charge is 0.462 e. The fraction of sp³-hybridized carbons (Fsp3) is 0.767. The average molecular weight is 1100 g/mol. The van der Waals surface area contributed by atoms with Crippen molar-refractivity contribution in [2.24, 2.45) is 0 Å². The Bertz CT molecular complexity index is 1500. The summed E-state index contributed by atoms with van der Waals surface area (Å²) in [7, 11) is 0. The molecule has 456 valence electrons. The number of carbonyl (C=O) groups excluding carboxylic acids is 3. The maximum atomic E-state index is 13.0. The maximum Gasteiger partial charge on any atom is 0.306 e. The third-order valence-electron chi connectivity index (χ3n) is 14.9. The van der Waals surface area contributed by atoms with Gasteiger partial charge in [0.2, 0.25) is 0 Å². The first-order chi connectivity index (χ1) is 39.0. The summed E-state index contributed by atoms with van der Waals surface area (Å²) in [5, 5.41) is 0. The minimum absolute atomic E-state index is 0.0811. The number of unbranched alkanes of at least 4 members (excludes halogenated alkanes) is 37. The van der Waals surface area contributed by atoms with E-state index in [1.807, 2.05) is 0 Å². The molecule has 0 aliphatic carbocycles. The van der Waals surface area contributed by atoms with Crippen molar-refractivity contribution in [2.75, 3.05) is 13.2 Å². The highest BCUT2D eigenvalue weighted by Crippen LogP contribution is 2.17. The SMILES string of the molecule is CC/C=C\C/C=C\C/C=C\CCCCCCCCCC(=O)OCC(COC(=O)CCCCCCCCCCCCC/C=C\C/C=C\CCCCCCC)OC(=O)CCCCCCCCCCC/C=C\C/C=C\CCCCCCC. The van der Waals surface area contributed by atoms with Gasteiger partial charge in [0.25, 0.3) is 0 Å². The van der Waals surface area contributed by atoms with Crippen molar-refractivity contribution >= 4 is 17.9 Å². The van der Waals surface area contributed by atoms with E-state index in [1.165, 1.54) is 205 Å². The highest BCUT2D eigenvalue weighted by Gasteiger charge is 2.19. The minimum Gasteiger partial charge on any atom is -0.462 e. The summed E-state index contributed by atoms with van der Waals surface area (Å²) in [6, 6.07) is 0. The van der Waals surface area contributed by atoms with Crippen LogP contribution in [0.25, 0.3) is 0 Å². The Morgan fingerprint density at radius 2 is 0.494 bits per heavy atom. The number of rotatable bonds is 62. The molecule has 0 spiro atoms. The Morgan fingerprint density at radius 1 is 0.266 bits per heavy atom. The molecule has 0 amide bonds. The van der Waals surface area contributed by atoms with Crippen LogP contribution in [0, 0.1) is 0 Å². The van der Waals surface area contributed by atoms with Crippen LogP contribution in [0.3, 0.4) is 0 Å². The Morgan fingerprint density at radius 3 is 0.772 bits per heavy atom. The van der Waals surface area contributed by atoms with Crippen LogP contribution in [0.15, 0.2) is 85.1 Å². The summed E-state index contributed by atoms with van der Waals surface area (Å²) in [5.41, 5.74) is 0. The van der Waals surface area contributed by atoms with Crippen molar-refractivity contribution in [1.29, 1.82) is 0 Å². The smallest absolute Gasteiger partial charge is 0.306 e. The van der Waals surface area contributed by atoms with E-state index in [9.17, 15) is 14.4 Å². The van der Waals surface area contributed by atoms with Crippen LogP contribution >= 0.6 is 0 Å². The molecule has 0 N–H and O–H groups in total. The van der Waals surface area contributed by atoms with Crippen LogP contribution in [0.5, 0.6) is 0 Å². The van der Waals surface area contributed by atoms with E-state index in [0.29, 0.717) is 19.3 Å². The molecular weight excluding hydrogens is 973 g/mol. The van der Waals surface area contributed by atoms with Crippen molar-refractivity contribution in [3.05, 3.63) is 85.1 Å². The number of hydrogen-bond acceptors (Lipinski definition) is 6. The van der Waals surface area contributed by atoms with Crippen molar-refractivity contribution in [3.63, 3.8) is 0 Å². The van der Waals surface area contributed by atoms with E-state index in [4.69, 9.17) is 14.2 Å². The normalized spacial score (nSPS) is 12.6. The molecule has 6 nitrogen and oxygen atoms in total. The Labute approximate surface area is 490 Å². The van der Waals surface area contributed by atoms with E-state index in [2.05, 4.69) is 106 Å². The predicted octanol–water partition coefficient (Wildman–Crippen LogP) is 23.4. The van der Waals surface area contributed by atoms with E-state index in [-0.39, 0.29) is 31.1 Å². The van der Waals surface area contributed by atoms with Crippen molar-refractivity contribution < 1.29 is 28.6 Å². The van der Waals surface area contributed by atoms with Crippen LogP contribution in [-0.2, 0) is 28.6 Å². The monoisotopic (exact) mass is 1100 g/mol. The average Bonchev–Trinajstić information content (AvgIpc) is 3.45. The Balaban J connectivity index is 4.37. The molecular formula is C73H128O6. The van der Waals surface area contributed by atoms with Gasteiger partial charge in [-0.05, 0) is 116 Å². The number of allylic oxidation sites excluding steroid dienone is 14. The van der Waals surface area contributed by atoms with Crippen LogP contribution in [0.2, 0.25) is 0 Å². The van der Waals surface area contributed by atoms with Crippen LogP contribution in [0.4, 0.5) is 0 Å². The van der Waals surface area contributed by atoms with Crippen molar-refractivity contribution in [3.8, 4) is 0 Å². The third-order valence-corrected chi connectivity index (χ3v) is 14.9. The molecule has 6 heteroatoms. The molecule has 0 bridgehead atoms. The molecule has 0 aliphatic heterocycles. The van der Waals surface area contributed by atoms with E-state index in [1.54, 1.807) is 0 Å². The summed E-state index contributed by atoms with van der Waals surface area (Å²) in [4.78, 5) is 38.4. The van der Waals surface area contributed by atoms with Gasteiger partial charge in [0.15, 0.2) is 6.10 Å². The van der Waals surface area contributed by atoms with Gasteiger partial charge in [-0.3, -0.25) is 14.4 Å². The molecule has 0 heterocycles. The van der Waals surface area contributed by atoms with Gasteiger partial charge >= 0.3 is 17.9 Å². The lowest BCUT2D eigenvalue weighted by atomic mass is 10.0. The lowest BCUT2D eigenvalue weighted by molar-refractivity contribution is -0.167. The topological polar surface area (TPSA) is 78.9 Å². The Kier molecular flexibility index (Phi) is 64.2. The summed E-state index contributed by atoms with van der Waals surface area (Å²) >= 11 is 0. The zero-order valence-corrected chi connectivity index (χ0v) is 52.4. The number of esters is 3. The van der Waals surface area contributed by atoms with Gasteiger partial charge < -0.3 is 14.2 Å². The molecule has 79 heavy (non-hydrogen) atoms. The molecule has 0 aromatic heterocycles. The second-order valence-electron chi connectivity index (χ2n) is 22.7. The van der Waals surface area contributed by atoms with Gasteiger partial charge in [0, 0.05) is 19.3 Å². The van der Waals surface area contributed by atoms with Gasteiger partial charge in [-0.2, -0.15) is 0 Å². The molecule has 0 saturated carbocycles. The first-order valence-electron chi connectivity index (χ1n) is 34.1. The maximum absolute atomic E-state index is 13.0. The molecule has 0 radical (unpaired) electrons. The summed E-state index contributed by atoms with van der Waals surface area (Å²) < 4.78 is 17.0. The number of hydrogen-bond donors (Lipinski definition) is 0. The quantitative estimate of drug-likeness (QED) is 0.0261. The summed E-state index contributed by atoms with van der Waals surface area (Å²) in [6.45, 7) is 6.54. The second-order valence-corrected chi connectivity index (χ2v) is 22.7. The van der Waals surface area contributed by atoms with Gasteiger partial charge in [0.1, 0.15) is 13.2 Å². The van der Waals surface area contributed by atoms with Crippen LogP contribution in [-0.4, -0.2) is 37.2 Å². The van der Waals surface area contributed by atoms with Crippen LogP contribution < -0.4 is 0 Å². The summed E-state index contributed by atoms with van der Waals surface area (Å²) in [6.07, 6.45) is 88.8. The molecule has 1 atom stereocenters. The van der Waals surface area contributed by atoms with E-state index >= 15 is 0 Å². The second kappa shape index (κ2) is 67.1. The molecule has 0 fully saturated rings. The molecule has 1 unspecified atom stereocenters. The van der Waals surface area contributed by atoms with Gasteiger partial charge in [-0.25, -0.2) is 0 Å². The third kappa shape index (κ3) is 65.3. The molecule has 0 saturated heterocycles. The number of carbonyl (C=O) groups is 3. The zero-order valence-electron chi connectivity index (χ0n) is 52.4. The fourth-order valence-electron chi connectivity index (χ4n) is 9.76. The highest BCUT2D eigenvalue weighted by atomic mass is 16.6. The standard InChI is InChI=1S/C73H128O6/c1-4-7-10-13-16-19-22-25-28-31-33-35-36-38-39-42-45-48-51-54-57-60-63-66-72(75)78-69-70(68-77-71(74)65-62-59-56-53-50-47-44-41-30-27-24-21-18-15-12-9-6-3)79-73(76)67-64-61-58-55-52-49-46-43-40-37-34-32-29-26-23-20-17-14-11-8-5-2/h9,12,18,21-23,25-27,30-34,70H,4-8,10-11,13-17,19-20,24,28-29,35-69H2,1-3H3/b12-9-,21-18-,25-22-,26-23-,30-27-,33-31-,34-32-. The van der Waals surface area contributed by atoms with E-state index in [0.717, 1.165) is 96.3 Å². The molecule has 0 aliphatic rings. The van der Waals surface area contributed by atoms with Crippen molar-refractivity contribution in [2.45, 2.75) is 348 Å². The molecule has 0 rings (SSSR count). The fourth-order valence-corrected chi connectivity index (χ4v) is 9.76. The van der Waals surface area contributed by atoms with Crippen LogP contribution in [0.1, 0.15) is 342 Å². The predicted molar refractivity (Wildman–Crippen MR) is 344 cm³/mol. The van der Waals surface area contributed by atoms with Gasteiger partial charge in [-0.15, -0.1) is 0 Å². The van der Waals surface area contributed by atoms with Crippen molar-refractivity contribution in [1.82, 2.24) is 0 Å². The first-order valence-corrected chi connectivity index (χ1v) is 34.1. The van der Waals surface area contributed by atoms with Gasteiger partial charge in [-0.1, -0.05) is 292 Å². The summed E-state index contributed by atoms with van der Waals surface area (Å²) in [5.74, 6) is -0.881. The zero-order chi connectivity index (χ0) is 57.1. The number of ether oxygens (including phenoxy) is 3. The lowest BCUT2D eigenvalue weighted by Gasteiger charge is -2.18.